The van der Waals surface area contributed by atoms with Crippen LogP contribution in [0.1, 0.15) is 5.76 Å². The van der Waals surface area contributed by atoms with Crippen molar-refractivity contribution in [3.63, 3.8) is 0 Å². The van der Waals surface area contributed by atoms with E-state index < -0.39 is 5.63 Å². The molecule has 4 rings (SSSR count). The SMILES string of the molecule is Cc1cc(OC2CN(C(=O)Nc3ccc4c(c3)OCO4)C2)cc(=O)o1. The molecule has 2 amide bonds. The number of rotatable bonds is 3. The molecule has 1 saturated heterocycles. The predicted molar refractivity (Wildman–Crippen MR) is 87.3 cm³/mol. The van der Waals surface area contributed by atoms with Crippen molar-refractivity contribution in [3.05, 3.63) is 46.5 Å². The lowest BCUT2D eigenvalue weighted by Gasteiger charge is -2.38. The van der Waals surface area contributed by atoms with Gasteiger partial charge in [0, 0.05) is 17.8 Å². The Morgan fingerprint density at radius 3 is 2.80 bits per heavy atom. The third-order valence-electron chi connectivity index (χ3n) is 3.93. The summed E-state index contributed by atoms with van der Waals surface area (Å²) in [7, 11) is 0. The summed E-state index contributed by atoms with van der Waals surface area (Å²) < 4.78 is 21.1. The van der Waals surface area contributed by atoms with Gasteiger partial charge in [-0.2, -0.15) is 0 Å². The van der Waals surface area contributed by atoms with Crippen molar-refractivity contribution in [2.75, 3.05) is 25.2 Å². The minimum atomic E-state index is -0.452. The van der Waals surface area contributed by atoms with Gasteiger partial charge in [0.1, 0.15) is 17.6 Å². The van der Waals surface area contributed by atoms with Crippen LogP contribution in [-0.4, -0.2) is 36.9 Å². The minimum Gasteiger partial charge on any atom is -0.486 e. The van der Waals surface area contributed by atoms with Crippen LogP contribution in [0.2, 0.25) is 0 Å². The number of anilines is 1. The fourth-order valence-electron chi connectivity index (χ4n) is 2.69. The van der Waals surface area contributed by atoms with E-state index in [-0.39, 0.29) is 18.9 Å². The van der Waals surface area contributed by atoms with Crippen LogP contribution in [0.15, 0.2) is 39.5 Å². The summed E-state index contributed by atoms with van der Waals surface area (Å²) in [6.07, 6.45) is -0.149. The largest absolute Gasteiger partial charge is 0.486 e. The number of nitrogens with one attached hydrogen (secondary N) is 1. The lowest BCUT2D eigenvalue weighted by molar-refractivity contribution is 0.0487. The standard InChI is InChI=1S/C17H16N2O6/c1-10-4-12(6-16(20)24-10)25-13-7-19(8-13)17(21)18-11-2-3-14-15(5-11)23-9-22-14/h2-6,13H,7-9H2,1H3,(H,18,21). The van der Waals surface area contributed by atoms with Crippen LogP contribution in [0.5, 0.6) is 17.2 Å². The maximum atomic E-state index is 12.2. The van der Waals surface area contributed by atoms with E-state index in [1.807, 2.05) is 0 Å². The number of carbonyl (C=O) groups is 1. The third kappa shape index (κ3) is 3.23. The molecule has 1 fully saturated rings. The van der Waals surface area contributed by atoms with Gasteiger partial charge in [-0.1, -0.05) is 0 Å². The van der Waals surface area contributed by atoms with Crippen molar-refractivity contribution < 1.29 is 23.4 Å². The molecule has 2 aliphatic rings. The molecule has 1 aromatic carbocycles. The molecule has 0 bridgehead atoms. The molecule has 130 valence electrons. The van der Waals surface area contributed by atoms with Gasteiger partial charge in [-0.15, -0.1) is 0 Å². The van der Waals surface area contributed by atoms with Crippen LogP contribution in [0.3, 0.4) is 0 Å². The highest BCUT2D eigenvalue weighted by atomic mass is 16.7. The maximum Gasteiger partial charge on any atom is 0.339 e. The first-order valence-electron chi connectivity index (χ1n) is 7.81. The molecule has 3 heterocycles. The smallest absolute Gasteiger partial charge is 0.339 e. The number of likely N-dealkylation sites (tertiary alicyclic amines) is 1. The van der Waals surface area contributed by atoms with Gasteiger partial charge in [0.25, 0.3) is 0 Å². The summed E-state index contributed by atoms with van der Waals surface area (Å²) in [5.41, 5.74) is 0.182. The van der Waals surface area contributed by atoms with Crippen molar-refractivity contribution in [1.29, 1.82) is 0 Å². The first kappa shape index (κ1) is 15.4. The van der Waals surface area contributed by atoms with Crippen molar-refractivity contribution in [2.45, 2.75) is 13.0 Å². The van der Waals surface area contributed by atoms with Crippen molar-refractivity contribution in [1.82, 2.24) is 4.90 Å². The van der Waals surface area contributed by atoms with Gasteiger partial charge in [0.05, 0.1) is 19.2 Å². The molecule has 1 aromatic heterocycles. The summed E-state index contributed by atoms with van der Waals surface area (Å²) in [6.45, 7) is 2.75. The van der Waals surface area contributed by atoms with E-state index in [1.54, 1.807) is 36.1 Å². The monoisotopic (exact) mass is 344 g/mol. The molecule has 0 unspecified atom stereocenters. The average molecular weight is 344 g/mol. The van der Waals surface area contributed by atoms with E-state index in [0.29, 0.717) is 41.8 Å². The number of amides is 2. The fraction of sp³-hybridized carbons (Fsp3) is 0.294. The molecule has 0 aliphatic carbocycles. The molecule has 0 radical (unpaired) electrons. The van der Waals surface area contributed by atoms with E-state index in [2.05, 4.69) is 5.32 Å². The minimum absolute atomic E-state index is 0.149. The Labute approximate surface area is 142 Å². The second-order valence-electron chi connectivity index (χ2n) is 5.87. The number of fused-ring (bicyclic) bond motifs is 1. The second-order valence-corrected chi connectivity index (χ2v) is 5.87. The van der Waals surface area contributed by atoms with Crippen LogP contribution in [-0.2, 0) is 0 Å². The van der Waals surface area contributed by atoms with Gasteiger partial charge < -0.3 is 28.8 Å². The summed E-state index contributed by atoms with van der Waals surface area (Å²) in [4.78, 5) is 25.2. The van der Waals surface area contributed by atoms with E-state index in [4.69, 9.17) is 18.6 Å². The lowest BCUT2D eigenvalue weighted by atomic mass is 10.2. The predicted octanol–water partition coefficient (Wildman–Crippen LogP) is 1.97. The Morgan fingerprint density at radius 2 is 2.00 bits per heavy atom. The number of hydrogen-bond donors (Lipinski definition) is 1. The molecule has 1 N–H and O–H groups in total. The van der Waals surface area contributed by atoms with Crippen molar-refractivity contribution in [3.8, 4) is 17.2 Å². The molecular weight excluding hydrogens is 328 g/mol. The van der Waals surface area contributed by atoms with Crippen LogP contribution >= 0.6 is 0 Å². The Kier molecular flexibility index (Phi) is 3.72. The zero-order chi connectivity index (χ0) is 17.4. The topological polar surface area (TPSA) is 90.2 Å². The molecule has 8 nitrogen and oxygen atoms in total. The molecule has 0 atom stereocenters. The van der Waals surface area contributed by atoms with Crippen molar-refractivity contribution >= 4 is 11.7 Å². The van der Waals surface area contributed by atoms with Crippen molar-refractivity contribution in [2.24, 2.45) is 0 Å². The number of aryl methyl sites for hydroxylation is 1. The van der Waals surface area contributed by atoms with Crippen LogP contribution in [0.4, 0.5) is 10.5 Å². The summed E-state index contributed by atoms with van der Waals surface area (Å²) in [5, 5.41) is 2.81. The quantitative estimate of drug-likeness (QED) is 0.915. The zero-order valence-electron chi connectivity index (χ0n) is 13.5. The Bertz CT molecular complexity index is 872. The van der Waals surface area contributed by atoms with Gasteiger partial charge in [-0.3, -0.25) is 0 Å². The molecule has 0 spiro atoms. The van der Waals surface area contributed by atoms with E-state index in [1.165, 1.54) is 6.07 Å². The van der Waals surface area contributed by atoms with E-state index >= 15 is 0 Å². The van der Waals surface area contributed by atoms with Gasteiger partial charge in [0.2, 0.25) is 6.79 Å². The normalized spacial score (nSPS) is 15.6. The highest BCUT2D eigenvalue weighted by Gasteiger charge is 2.32. The van der Waals surface area contributed by atoms with Gasteiger partial charge in [-0.05, 0) is 19.1 Å². The van der Waals surface area contributed by atoms with E-state index in [9.17, 15) is 9.59 Å². The highest BCUT2D eigenvalue weighted by Crippen LogP contribution is 2.34. The summed E-state index contributed by atoms with van der Waals surface area (Å²) in [6, 6.07) is 7.95. The molecular formula is C17H16N2O6. The lowest BCUT2D eigenvalue weighted by Crippen LogP contribution is -2.57. The molecule has 0 saturated carbocycles. The number of nitrogens with zero attached hydrogens (tertiary/aromatic N) is 1. The second kappa shape index (κ2) is 6.04. The summed E-state index contributed by atoms with van der Waals surface area (Å²) in [5.74, 6) is 2.22. The summed E-state index contributed by atoms with van der Waals surface area (Å²) >= 11 is 0. The Balaban J connectivity index is 1.31. The van der Waals surface area contributed by atoms with Crippen LogP contribution < -0.4 is 25.2 Å². The third-order valence-corrected chi connectivity index (χ3v) is 3.93. The Morgan fingerprint density at radius 1 is 1.20 bits per heavy atom. The van der Waals surface area contributed by atoms with E-state index in [0.717, 1.165) is 0 Å². The Hall–Kier alpha value is -3.16. The number of urea groups is 1. The van der Waals surface area contributed by atoms with Crippen LogP contribution in [0, 0.1) is 6.92 Å². The number of carbonyl (C=O) groups excluding carboxylic acids is 1. The average Bonchev–Trinajstić information content (AvgIpc) is 2.97. The van der Waals surface area contributed by atoms with Gasteiger partial charge in [0.15, 0.2) is 11.5 Å². The van der Waals surface area contributed by atoms with Crippen LogP contribution in [0.25, 0.3) is 0 Å². The number of ether oxygens (including phenoxy) is 3. The molecule has 8 heteroatoms. The zero-order valence-corrected chi connectivity index (χ0v) is 13.5. The number of benzene rings is 1. The molecule has 25 heavy (non-hydrogen) atoms. The fourth-order valence-corrected chi connectivity index (χ4v) is 2.69. The molecule has 2 aromatic rings. The maximum absolute atomic E-state index is 12.2. The van der Waals surface area contributed by atoms with Gasteiger partial charge in [-0.25, -0.2) is 9.59 Å². The first-order chi connectivity index (χ1) is 12.1. The first-order valence-corrected chi connectivity index (χ1v) is 7.81. The highest BCUT2D eigenvalue weighted by molar-refractivity contribution is 5.90. The number of hydrogen-bond acceptors (Lipinski definition) is 6. The van der Waals surface area contributed by atoms with Gasteiger partial charge >= 0.3 is 11.7 Å². The molecule has 2 aliphatic heterocycles.